The van der Waals surface area contributed by atoms with E-state index in [2.05, 4.69) is 11.8 Å². The first-order chi connectivity index (χ1) is 12.1. The number of benzene rings is 1. The minimum absolute atomic E-state index is 0.0131. The van der Waals surface area contributed by atoms with Crippen LogP contribution in [0.4, 0.5) is 0 Å². The van der Waals surface area contributed by atoms with Gasteiger partial charge in [0.1, 0.15) is 5.58 Å². The number of hydrogen-bond acceptors (Lipinski definition) is 4. The maximum absolute atomic E-state index is 13.0. The van der Waals surface area contributed by atoms with E-state index in [1.807, 2.05) is 35.2 Å². The van der Waals surface area contributed by atoms with Crippen molar-refractivity contribution >= 4 is 16.9 Å². The van der Waals surface area contributed by atoms with Gasteiger partial charge >= 0.3 is 0 Å². The molecule has 2 aliphatic heterocycles. The van der Waals surface area contributed by atoms with E-state index in [-0.39, 0.29) is 11.3 Å². The molecule has 2 fully saturated rings. The van der Waals surface area contributed by atoms with Crippen molar-refractivity contribution in [2.75, 3.05) is 46.4 Å². The molecule has 134 valence electrons. The molecule has 0 N–H and O–H groups in total. The molecule has 1 amide bonds. The van der Waals surface area contributed by atoms with Crippen molar-refractivity contribution in [3.63, 3.8) is 0 Å². The highest BCUT2D eigenvalue weighted by atomic mass is 16.5. The Hall–Kier alpha value is -1.85. The molecule has 2 saturated heterocycles. The molecule has 1 spiro atoms. The summed E-state index contributed by atoms with van der Waals surface area (Å²) in [5, 5.41) is 0.982. The maximum Gasteiger partial charge on any atom is 0.289 e. The van der Waals surface area contributed by atoms with Crippen LogP contribution in [-0.4, -0.2) is 62.1 Å². The minimum atomic E-state index is 0.0131. The highest BCUT2D eigenvalue weighted by Gasteiger charge is 2.51. The molecule has 2 atom stereocenters. The van der Waals surface area contributed by atoms with Crippen LogP contribution in [0.5, 0.6) is 0 Å². The first-order valence-corrected chi connectivity index (χ1v) is 9.14. The van der Waals surface area contributed by atoms with Gasteiger partial charge in [-0.05, 0) is 25.1 Å². The van der Waals surface area contributed by atoms with Gasteiger partial charge in [-0.2, -0.15) is 0 Å². The molecular formula is C20H26N2O3. The Morgan fingerprint density at radius 3 is 2.96 bits per heavy atom. The highest BCUT2D eigenvalue weighted by Crippen LogP contribution is 2.44. The van der Waals surface area contributed by atoms with Crippen molar-refractivity contribution in [2.24, 2.45) is 11.3 Å². The lowest BCUT2D eigenvalue weighted by atomic mass is 9.77. The summed E-state index contributed by atoms with van der Waals surface area (Å²) in [6.45, 7) is 7.75. The van der Waals surface area contributed by atoms with Crippen LogP contribution in [0.3, 0.4) is 0 Å². The Morgan fingerprint density at radius 2 is 2.20 bits per heavy atom. The van der Waals surface area contributed by atoms with Crippen LogP contribution >= 0.6 is 0 Å². The van der Waals surface area contributed by atoms with E-state index in [1.54, 1.807) is 7.11 Å². The number of hydrogen-bond donors (Lipinski definition) is 0. The summed E-state index contributed by atoms with van der Waals surface area (Å²) in [6.07, 6.45) is 1.05. The van der Waals surface area contributed by atoms with Crippen molar-refractivity contribution < 1.29 is 13.9 Å². The average molecular weight is 342 g/mol. The fourth-order valence-electron chi connectivity index (χ4n) is 4.59. The number of fused-ring (bicyclic) bond motifs is 1. The molecule has 0 radical (unpaired) electrons. The Balaban J connectivity index is 1.53. The SMILES string of the molecule is CCN1C[C@@H](COC)[C@@]2(CCN(C(=O)c3cc4ccccc4o3)C2)C1. The Bertz CT molecular complexity index is 738. The molecule has 25 heavy (non-hydrogen) atoms. The van der Waals surface area contributed by atoms with Crippen LogP contribution < -0.4 is 0 Å². The number of amides is 1. The number of carbonyl (C=O) groups is 1. The van der Waals surface area contributed by atoms with Crippen LogP contribution in [0.25, 0.3) is 11.0 Å². The molecule has 3 heterocycles. The normalized spacial score (nSPS) is 27.0. The summed E-state index contributed by atoms with van der Waals surface area (Å²) in [5.41, 5.74) is 0.934. The monoisotopic (exact) mass is 342 g/mol. The summed E-state index contributed by atoms with van der Waals surface area (Å²) >= 11 is 0. The maximum atomic E-state index is 13.0. The third-order valence-corrected chi connectivity index (χ3v) is 6.01. The lowest BCUT2D eigenvalue weighted by Crippen LogP contribution is -2.38. The van der Waals surface area contributed by atoms with Crippen LogP contribution in [0.2, 0.25) is 0 Å². The fraction of sp³-hybridized carbons (Fsp3) is 0.550. The number of rotatable bonds is 4. The lowest BCUT2D eigenvalue weighted by Gasteiger charge is -2.30. The lowest BCUT2D eigenvalue weighted by molar-refractivity contribution is 0.0691. The molecule has 1 aromatic carbocycles. The largest absolute Gasteiger partial charge is 0.451 e. The van der Waals surface area contributed by atoms with E-state index in [0.29, 0.717) is 11.7 Å². The topological polar surface area (TPSA) is 45.9 Å². The number of likely N-dealkylation sites (tertiary alicyclic amines) is 2. The van der Waals surface area contributed by atoms with Gasteiger partial charge in [0.05, 0.1) is 6.61 Å². The highest BCUT2D eigenvalue weighted by molar-refractivity contribution is 5.96. The number of furan rings is 1. The van der Waals surface area contributed by atoms with Crippen LogP contribution in [0, 0.1) is 11.3 Å². The van der Waals surface area contributed by atoms with Crippen molar-refractivity contribution in [2.45, 2.75) is 13.3 Å². The van der Waals surface area contributed by atoms with E-state index in [1.165, 1.54) is 0 Å². The van der Waals surface area contributed by atoms with Crippen molar-refractivity contribution in [3.05, 3.63) is 36.1 Å². The number of methoxy groups -OCH3 is 1. The van der Waals surface area contributed by atoms with Crippen LogP contribution in [0.15, 0.2) is 34.7 Å². The van der Waals surface area contributed by atoms with E-state index in [0.717, 1.165) is 56.7 Å². The Labute approximate surface area is 148 Å². The summed E-state index contributed by atoms with van der Waals surface area (Å²) in [4.78, 5) is 17.4. The molecule has 0 saturated carbocycles. The quantitative estimate of drug-likeness (QED) is 0.857. The zero-order valence-electron chi connectivity index (χ0n) is 15.0. The van der Waals surface area contributed by atoms with E-state index < -0.39 is 0 Å². The average Bonchev–Trinajstić information content (AvgIpc) is 3.33. The first-order valence-electron chi connectivity index (χ1n) is 9.14. The minimum Gasteiger partial charge on any atom is -0.451 e. The molecule has 5 nitrogen and oxygen atoms in total. The third-order valence-electron chi connectivity index (χ3n) is 6.01. The molecule has 4 rings (SSSR count). The summed E-state index contributed by atoms with van der Waals surface area (Å²) in [7, 11) is 1.77. The third kappa shape index (κ3) is 2.85. The summed E-state index contributed by atoms with van der Waals surface area (Å²) < 4.78 is 11.3. The van der Waals surface area contributed by atoms with Gasteiger partial charge in [0.2, 0.25) is 0 Å². The smallest absolute Gasteiger partial charge is 0.289 e. The number of nitrogens with zero attached hydrogens (tertiary/aromatic N) is 2. The van der Waals surface area contributed by atoms with Gasteiger partial charge in [0, 0.05) is 50.0 Å². The zero-order chi connectivity index (χ0) is 17.4. The van der Waals surface area contributed by atoms with Crippen molar-refractivity contribution in [3.8, 4) is 0 Å². The molecule has 0 aliphatic carbocycles. The van der Waals surface area contributed by atoms with Gasteiger partial charge in [-0.15, -0.1) is 0 Å². The summed E-state index contributed by atoms with van der Waals surface area (Å²) in [6, 6.07) is 9.64. The van der Waals surface area contributed by atoms with Gasteiger partial charge in [-0.25, -0.2) is 0 Å². The van der Waals surface area contributed by atoms with Gasteiger partial charge in [-0.3, -0.25) is 4.79 Å². The summed E-state index contributed by atoms with van der Waals surface area (Å²) in [5.74, 6) is 0.956. The number of ether oxygens (including phenoxy) is 1. The molecule has 2 aliphatic rings. The molecular weight excluding hydrogens is 316 g/mol. The molecule has 1 aromatic heterocycles. The van der Waals surface area contributed by atoms with Gasteiger partial charge in [0.15, 0.2) is 5.76 Å². The van der Waals surface area contributed by atoms with Crippen LogP contribution in [0.1, 0.15) is 23.9 Å². The second-order valence-electron chi connectivity index (χ2n) is 7.47. The van der Waals surface area contributed by atoms with Gasteiger partial charge in [0.25, 0.3) is 5.91 Å². The number of carbonyl (C=O) groups excluding carboxylic acids is 1. The van der Waals surface area contributed by atoms with Crippen molar-refractivity contribution in [1.29, 1.82) is 0 Å². The molecule has 2 aromatic rings. The molecule has 0 bridgehead atoms. The van der Waals surface area contributed by atoms with E-state index >= 15 is 0 Å². The van der Waals surface area contributed by atoms with Crippen LogP contribution in [-0.2, 0) is 4.74 Å². The second-order valence-corrected chi connectivity index (χ2v) is 7.47. The molecule has 0 unspecified atom stereocenters. The van der Waals surface area contributed by atoms with Crippen molar-refractivity contribution in [1.82, 2.24) is 9.80 Å². The zero-order valence-corrected chi connectivity index (χ0v) is 15.0. The Morgan fingerprint density at radius 1 is 1.36 bits per heavy atom. The second kappa shape index (κ2) is 6.46. The standard InChI is InChI=1S/C20H26N2O3/c1-3-21-11-16(12-24-2)20(13-21)8-9-22(14-20)19(23)18-10-15-6-4-5-7-17(15)25-18/h4-7,10,16H,3,8-9,11-14H2,1-2H3/t16-,20-/m0/s1. The predicted molar refractivity (Wildman–Crippen MR) is 96.6 cm³/mol. The van der Waals surface area contributed by atoms with E-state index in [9.17, 15) is 4.79 Å². The Kier molecular flexibility index (Phi) is 4.29. The fourth-order valence-corrected chi connectivity index (χ4v) is 4.59. The predicted octanol–water partition coefficient (Wildman–Crippen LogP) is 2.86. The van der Waals surface area contributed by atoms with Gasteiger partial charge < -0.3 is 19.0 Å². The van der Waals surface area contributed by atoms with Gasteiger partial charge in [-0.1, -0.05) is 25.1 Å². The van der Waals surface area contributed by atoms with E-state index in [4.69, 9.17) is 9.15 Å². The molecule has 5 heteroatoms. The number of para-hydroxylation sites is 1. The first kappa shape index (κ1) is 16.6.